The van der Waals surface area contributed by atoms with Crippen LogP contribution < -0.4 is 10.6 Å². The average molecular weight is 250 g/mol. The largest absolute Gasteiger partial charge is 0.383 e. The molecule has 4 heteroatoms. The van der Waals surface area contributed by atoms with Gasteiger partial charge in [0.25, 0.3) is 0 Å². The summed E-state index contributed by atoms with van der Waals surface area (Å²) in [6.07, 6.45) is 2.59. The molecule has 4 nitrogen and oxygen atoms in total. The molecule has 0 bridgehead atoms. The lowest BCUT2D eigenvalue weighted by atomic mass is 9.97. The molecule has 102 valence electrons. The van der Waals surface area contributed by atoms with Crippen LogP contribution in [-0.4, -0.2) is 22.1 Å². The molecule has 0 aliphatic rings. The normalized spacial score (nSPS) is 13.4. The van der Waals surface area contributed by atoms with Crippen molar-refractivity contribution < 1.29 is 0 Å². The SMILES string of the molecule is CCC(C)c1c(N)ncnc1N(CC)C(C)(C)C. The molecule has 1 rings (SSSR count). The Morgan fingerprint density at radius 1 is 1.28 bits per heavy atom. The number of nitrogen functional groups attached to an aromatic ring is 1. The summed E-state index contributed by atoms with van der Waals surface area (Å²) in [5, 5.41) is 0. The molecule has 0 spiro atoms. The summed E-state index contributed by atoms with van der Waals surface area (Å²) < 4.78 is 0. The van der Waals surface area contributed by atoms with Crippen molar-refractivity contribution in [3.8, 4) is 0 Å². The number of aromatic nitrogens is 2. The molecule has 1 heterocycles. The lowest BCUT2D eigenvalue weighted by Gasteiger charge is -2.37. The van der Waals surface area contributed by atoms with Gasteiger partial charge in [0.05, 0.1) is 0 Å². The van der Waals surface area contributed by atoms with Crippen molar-refractivity contribution in [1.29, 1.82) is 0 Å². The lowest BCUT2D eigenvalue weighted by molar-refractivity contribution is 0.504. The Morgan fingerprint density at radius 3 is 2.33 bits per heavy atom. The molecule has 0 amide bonds. The van der Waals surface area contributed by atoms with Crippen molar-refractivity contribution in [1.82, 2.24) is 9.97 Å². The Bertz CT molecular complexity index is 395. The molecule has 0 aromatic carbocycles. The first-order chi connectivity index (χ1) is 8.32. The number of hydrogen-bond donors (Lipinski definition) is 1. The van der Waals surface area contributed by atoms with Gasteiger partial charge < -0.3 is 10.6 Å². The minimum Gasteiger partial charge on any atom is -0.383 e. The molecule has 0 aliphatic carbocycles. The monoisotopic (exact) mass is 250 g/mol. The van der Waals surface area contributed by atoms with Gasteiger partial charge in [-0.05, 0) is 40.0 Å². The van der Waals surface area contributed by atoms with Crippen molar-refractivity contribution in [2.75, 3.05) is 17.2 Å². The van der Waals surface area contributed by atoms with Gasteiger partial charge in [-0.3, -0.25) is 0 Å². The smallest absolute Gasteiger partial charge is 0.138 e. The number of hydrogen-bond acceptors (Lipinski definition) is 4. The van der Waals surface area contributed by atoms with E-state index < -0.39 is 0 Å². The third kappa shape index (κ3) is 2.92. The summed E-state index contributed by atoms with van der Waals surface area (Å²) in [6, 6.07) is 0. The van der Waals surface area contributed by atoms with Crippen LogP contribution in [0.1, 0.15) is 59.4 Å². The van der Waals surface area contributed by atoms with E-state index in [-0.39, 0.29) is 5.54 Å². The van der Waals surface area contributed by atoms with E-state index in [1.54, 1.807) is 6.33 Å². The fraction of sp³-hybridized carbons (Fsp3) is 0.714. The van der Waals surface area contributed by atoms with E-state index in [2.05, 4.69) is 56.4 Å². The first-order valence-electron chi connectivity index (χ1n) is 6.70. The predicted molar refractivity (Wildman–Crippen MR) is 77.9 cm³/mol. The van der Waals surface area contributed by atoms with Crippen LogP contribution in [0.3, 0.4) is 0 Å². The molecule has 0 radical (unpaired) electrons. The number of nitrogens with two attached hydrogens (primary N) is 1. The van der Waals surface area contributed by atoms with Crippen LogP contribution in [0.25, 0.3) is 0 Å². The molecule has 0 fully saturated rings. The second-order valence-corrected chi connectivity index (χ2v) is 5.72. The first kappa shape index (κ1) is 14.7. The average Bonchev–Trinajstić information content (AvgIpc) is 2.27. The van der Waals surface area contributed by atoms with Crippen molar-refractivity contribution in [3.05, 3.63) is 11.9 Å². The van der Waals surface area contributed by atoms with Crippen LogP contribution in [0.5, 0.6) is 0 Å². The van der Waals surface area contributed by atoms with Crippen LogP contribution in [0, 0.1) is 0 Å². The van der Waals surface area contributed by atoms with Gasteiger partial charge in [0.1, 0.15) is 18.0 Å². The third-order valence-corrected chi connectivity index (χ3v) is 3.38. The highest BCUT2D eigenvalue weighted by Gasteiger charge is 2.26. The zero-order valence-corrected chi connectivity index (χ0v) is 12.5. The zero-order valence-electron chi connectivity index (χ0n) is 12.5. The maximum Gasteiger partial charge on any atom is 0.138 e. The van der Waals surface area contributed by atoms with E-state index in [1.165, 1.54) is 0 Å². The van der Waals surface area contributed by atoms with Crippen LogP contribution in [0.4, 0.5) is 11.6 Å². The van der Waals surface area contributed by atoms with Gasteiger partial charge in [-0.15, -0.1) is 0 Å². The van der Waals surface area contributed by atoms with Gasteiger partial charge in [0.15, 0.2) is 0 Å². The quantitative estimate of drug-likeness (QED) is 0.891. The molecule has 2 N–H and O–H groups in total. The fourth-order valence-electron chi connectivity index (χ4n) is 2.23. The first-order valence-corrected chi connectivity index (χ1v) is 6.70. The molecule has 1 atom stereocenters. The summed E-state index contributed by atoms with van der Waals surface area (Å²) >= 11 is 0. The van der Waals surface area contributed by atoms with Gasteiger partial charge in [-0.1, -0.05) is 13.8 Å². The van der Waals surface area contributed by atoms with Crippen LogP contribution in [0.15, 0.2) is 6.33 Å². The van der Waals surface area contributed by atoms with Crippen molar-refractivity contribution in [2.45, 2.75) is 59.4 Å². The van der Waals surface area contributed by atoms with Gasteiger partial charge in [-0.25, -0.2) is 9.97 Å². The van der Waals surface area contributed by atoms with Gasteiger partial charge in [0, 0.05) is 17.6 Å². The van der Waals surface area contributed by atoms with Crippen LogP contribution >= 0.6 is 0 Å². The van der Waals surface area contributed by atoms with Gasteiger partial charge >= 0.3 is 0 Å². The number of rotatable bonds is 4. The van der Waals surface area contributed by atoms with E-state index in [0.29, 0.717) is 11.7 Å². The Morgan fingerprint density at radius 2 is 1.89 bits per heavy atom. The lowest BCUT2D eigenvalue weighted by Crippen LogP contribution is -2.42. The standard InChI is InChI=1S/C14H26N4/c1-7-10(3)11-12(15)16-9-17-13(11)18(8-2)14(4,5)6/h9-10H,7-8H2,1-6H3,(H2,15,16,17). The van der Waals surface area contributed by atoms with Crippen LogP contribution in [-0.2, 0) is 0 Å². The summed E-state index contributed by atoms with van der Waals surface area (Å²) in [5.74, 6) is 1.96. The second kappa shape index (κ2) is 5.55. The summed E-state index contributed by atoms with van der Waals surface area (Å²) in [5.41, 5.74) is 7.16. The Balaban J connectivity index is 3.35. The van der Waals surface area contributed by atoms with Crippen molar-refractivity contribution in [3.63, 3.8) is 0 Å². The molecule has 0 saturated carbocycles. The Hall–Kier alpha value is -1.32. The number of nitrogens with zero attached hydrogens (tertiary/aromatic N) is 3. The molecule has 0 saturated heterocycles. The van der Waals surface area contributed by atoms with Crippen molar-refractivity contribution in [2.24, 2.45) is 0 Å². The summed E-state index contributed by atoms with van der Waals surface area (Å²) in [4.78, 5) is 10.9. The molecular weight excluding hydrogens is 224 g/mol. The summed E-state index contributed by atoms with van der Waals surface area (Å²) in [7, 11) is 0. The predicted octanol–water partition coefficient (Wildman–Crippen LogP) is 3.20. The van der Waals surface area contributed by atoms with Crippen molar-refractivity contribution >= 4 is 11.6 Å². The molecule has 0 aliphatic heterocycles. The fourth-order valence-corrected chi connectivity index (χ4v) is 2.23. The van der Waals surface area contributed by atoms with E-state index in [1.807, 2.05) is 0 Å². The Kier molecular flexibility index (Phi) is 4.54. The van der Waals surface area contributed by atoms with E-state index in [4.69, 9.17) is 5.73 Å². The van der Waals surface area contributed by atoms with E-state index >= 15 is 0 Å². The highest BCUT2D eigenvalue weighted by molar-refractivity contribution is 5.59. The Labute approximate surface area is 111 Å². The minimum absolute atomic E-state index is 0.0256. The topological polar surface area (TPSA) is 55.0 Å². The van der Waals surface area contributed by atoms with E-state index in [0.717, 1.165) is 24.3 Å². The van der Waals surface area contributed by atoms with Crippen LogP contribution in [0.2, 0.25) is 0 Å². The molecule has 1 aromatic rings. The van der Waals surface area contributed by atoms with Gasteiger partial charge in [-0.2, -0.15) is 0 Å². The van der Waals surface area contributed by atoms with Gasteiger partial charge in [0.2, 0.25) is 0 Å². The molecular formula is C14H26N4. The maximum atomic E-state index is 6.06. The molecule has 1 aromatic heterocycles. The number of anilines is 2. The highest BCUT2D eigenvalue weighted by atomic mass is 15.2. The highest BCUT2D eigenvalue weighted by Crippen LogP contribution is 2.34. The zero-order chi connectivity index (χ0) is 13.9. The maximum absolute atomic E-state index is 6.06. The second-order valence-electron chi connectivity index (χ2n) is 5.72. The minimum atomic E-state index is 0.0256. The summed E-state index contributed by atoms with van der Waals surface area (Å²) in [6.45, 7) is 14.0. The molecule has 18 heavy (non-hydrogen) atoms. The molecule has 1 unspecified atom stereocenters. The van der Waals surface area contributed by atoms with E-state index in [9.17, 15) is 0 Å². The third-order valence-electron chi connectivity index (χ3n) is 3.38.